The van der Waals surface area contributed by atoms with Crippen molar-refractivity contribution in [1.29, 1.82) is 0 Å². The second-order valence-electron chi connectivity index (χ2n) is 9.87. The fraction of sp³-hybridized carbons (Fsp3) is 0.500. The van der Waals surface area contributed by atoms with Crippen LogP contribution in [0.3, 0.4) is 0 Å². The Morgan fingerprint density at radius 2 is 2.19 bits per heavy atom. The Kier molecular flexibility index (Phi) is 6.00. The topological polar surface area (TPSA) is 129 Å². The molecule has 5 rings (SSSR count). The number of amides is 2. The molecular weight excluding hydrogens is 486 g/mol. The average molecular weight is 516 g/mol. The van der Waals surface area contributed by atoms with Gasteiger partial charge in [-0.15, -0.1) is 11.8 Å². The normalized spacial score (nSPS) is 32.5. The first-order valence-electron chi connectivity index (χ1n) is 11.9. The van der Waals surface area contributed by atoms with E-state index >= 15 is 0 Å². The molecule has 192 valence electrons. The first-order valence-corrected chi connectivity index (χ1v) is 12.7. The minimum atomic E-state index is -1.41. The number of carbonyl (C=O) groups excluding carboxylic acids is 3. The van der Waals surface area contributed by atoms with Crippen LogP contribution in [0.1, 0.15) is 26.4 Å². The summed E-state index contributed by atoms with van der Waals surface area (Å²) in [5, 5.41) is 26.3. The van der Waals surface area contributed by atoms with Crippen molar-refractivity contribution in [3.05, 3.63) is 47.9 Å². The fourth-order valence-electron chi connectivity index (χ4n) is 5.97. The molecule has 2 aromatic rings. The lowest BCUT2D eigenvalue weighted by Gasteiger charge is -2.47. The van der Waals surface area contributed by atoms with Crippen LogP contribution in [-0.4, -0.2) is 84.2 Å². The monoisotopic (exact) mass is 515 g/mol. The van der Waals surface area contributed by atoms with Crippen molar-refractivity contribution in [1.82, 2.24) is 19.1 Å². The number of fused-ring (bicyclic) bond motifs is 2. The molecule has 0 aromatic carbocycles. The number of hydrogen-bond donors (Lipinski definition) is 1. The van der Waals surface area contributed by atoms with Gasteiger partial charge in [-0.05, 0) is 6.92 Å². The molecule has 1 unspecified atom stereocenters. The van der Waals surface area contributed by atoms with Crippen molar-refractivity contribution < 1.29 is 33.8 Å². The maximum Gasteiger partial charge on any atom is 0.517 e. The van der Waals surface area contributed by atoms with Crippen LogP contribution in [0.5, 0.6) is 0 Å². The number of aliphatic hydroxyl groups excluding tert-OH is 1. The number of aliphatic hydroxyl groups is 1. The van der Waals surface area contributed by atoms with Crippen molar-refractivity contribution in [3.8, 4) is 0 Å². The van der Waals surface area contributed by atoms with E-state index in [9.17, 15) is 24.6 Å². The standard InChI is InChI=1S/C24H29N5O6S/c1-5-10-35-24(34)29(4)12-15(11-17(29)26-8-9-27-16(26)6-7-25-27)36-21-13(2)19-18(14(3)30)22(31)28(19)20(21)23(32)33/h5-9,13-15,17-19,30H,1,10-12H2,2-4H3/t13-,14-,15+,17+,18-,19-,29?/m1/s1. The fourth-order valence-corrected chi connectivity index (χ4v) is 7.63. The largest absolute Gasteiger partial charge is 0.543 e. The molecule has 36 heavy (non-hydrogen) atoms. The first-order chi connectivity index (χ1) is 17.1. The predicted molar refractivity (Wildman–Crippen MR) is 128 cm³/mol. The highest BCUT2D eigenvalue weighted by Crippen LogP contribution is 2.53. The molecule has 1 N–H and O–H groups in total. The van der Waals surface area contributed by atoms with Crippen molar-refractivity contribution in [3.63, 3.8) is 0 Å². The third kappa shape index (κ3) is 3.50. The smallest absolute Gasteiger partial charge is 0.517 e. The Morgan fingerprint density at radius 3 is 2.86 bits per heavy atom. The summed E-state index contributed by atoms with van der Waals surface area (Å²) in [6, 6.07) is 1.45. The molecule has 0 saturated carbocycles. The highest BCUT2D eigenvalue weighted by Gasteiger charge is 2.60. The highest BCUT2D eigenvalue weighted by atomic mass is 32.2. The molecule has 11 nitrogen and oxygen atoms in total. The molecule has 3 aliphatic heterocycles. The van der Waals surface area contributed by atoms with E-state index in [2.05, 4.69) is 11.7 Å². The second-order valence-corrected chi connectivity index (χ2v) is 11.2. The summed E-state index contributed by atoms with van der Waals surface area (Å²) in [7, 11) is 1.82. The number of carboxylic acids is 1. The van der Waals surface area contributed by atoms with Crippen LogP contribution in [-0.2, 0) is 14.3 Å². The van der Waals surface area contributed by atoms with E-state index in [-0.39, 0.29) is 34.1 Å². The summed E-state index contributed by atoms with van der Waals surface area (Å²) in [5.41, 5.74) is 0.704. The van der Waals surface area contributed by atoms with Crippen LogP contribution in [0.15, 0.2) is 47.9 Å². The lowest BCUT2D eigenvalue weighted by molar-refractivity contribution is -0.865. The lowest BCUT2D eigenvalue weighted by atomic mass is 9.79. The molecule has 0 spiro atoms. The summed E-state index contributed by atoms with van der Waals surface area (Å²) in [6.07, 6.45) is 5.84. The molecule has 2 amide bonds. The Labute approximate surface area is 212 Å². The zero-order valence-corrected chi connectivity index (χ0v) is 21.1. The number of hydrogen-bond acceptors (Lipinski definition) is 8. The molecular formula is C24H29N5O6S. The minimum absolute atomic E-state index is 0.0499. The number of rotatable bonds is 7. The molecule has 2 aromatic heterocycles. The van der Waals surface area contributed by atoms with Gasteiger partial charge in [0.2, 0.25) is 5.91 Å². The number of nitrogens with zero attached hydrogens (tertiary/aromatic N) is 5. The molecule has 0 bridgehead atoms. The molecule has 5 heterocycles. The molecule has 2 fully saturated rings. The number of quaternary nitrogens is 1. The first kappa shape index (κ1) is 24.6. The Hall–Kier alpha value is -3.09. The number of thioether (sulfide) groups is 1. The Morgan fingerprint density at radius 1 is 1.44 bits per heavy atom. The van der Waals surface area contributed by atoms with E-state index in [0.717, 1.165) is 5.65 Å². The van der Waals surface area contributed by atoms with Gasteiger partial charge in [0, 0.05) is 35.7 Å². The van der Waals surface area contributed by atoms with Crippen LogP contribution in [0.2, 0.25) is 0 Å². The Bertz CT molecular complexity index is 1280. The van der Waals surface area contributed by atoms with Crippen LogP contribution >= 0.6 is 11.8 Å². The molecule has 2 saturated heterocycles. The maximum atomic E-state index is 13.3. The second kappa shape index (κ2) is 8.79. The number of likely N-dealkylation sites (tertiary alicyclic amines) is 1. The van der Waals surface area contributed by atoms with Crippen molar-refractivity contribution in [2.24, 2.45) is 11.8 Å². The van der Waals surface area contributed by atoms with E-state index < -0.39 is 36.0 Å². The number of β-lactam (4-membered cyclic amide) rings is 1. The zero-order chi connectivity index (χ0) is 25.9. The van der Waals surface area contributed by atoms with Crippen LogP contribution in [0, 0.1) is 11.8 Å². The third-order valence-electron chi connectivity index (χ3n) is 7.66. The van der Waals surface area contributed by atoms with Gasteiger partial charge in [0.05, 0.1) is 48.2 Å². The van der Waals surface area contributed by atoms with Crippen molar-refractivity contribution in [2.45, 2.75) is 43.8 Å². The van der Waals surface area contributed by atoms with E-state index in [0.29, 0.717) is 17.9 Å². The third-order valence-corrected chi connectivity index (χ3v) is 9.15. The molecule has 12 heteroatoms. The van der Waals surface area contributed by atoms with Gasteiger partial charge in [-0.3, -0.25) is 9.36 Å². The number of aromatic nitrogens is 3. The van der Waals surface area contributed by atoms with Gasteiger partial charge < -0.3 is 24.6 Å². The van der Waals surface area contributed by atoms with E-state index in [1.807, 2.05) is 37.0 Å². The van der Waals surface area contributed by atoms with Gasteiger partial charge in [-0.2, -0.15) is 9.89 Å². The summed E-state index contributed by atoms with van der Waals surface area (Å²) in [6.45, 7) is 7.51. The van der Waals surface area contributed by atoms with E-state index in [1.165, 1.54) is 22.7 Å². The van der Waals surface area contributed by atoms with Gasteiger partial charge in [0.15, 0.2) is 6.17 Å². The number of carboxylic acid groups (broad SMARTS) is 1. The summed E-state index contributed by atoms with van der Waals surface area (Å²) < 4.78 is 9.14. The highest BCUT2D eigenvalue weighted by molar-refractivity contribution is 8.03. The van der Waals surface area contributed by atoms with Crippen LogP contribution in [0.25, 0.3) is 5.65 Å². The van der Waals surface area contributed by atoms with Crippen LogP contribution < -0.4 is 5.11 Å². The summed E-state index contributed by atoms with van der Waals surface area (Å²) in [5.74, 6) is -2.73. The zero-order valence-electron chi connectivity index (χ0n) is 20.3. The number of aliphatic carboxylic acids is 1. The lowest BCUT2D eigenvalue weighted by Crippen LogP contribution is -2.64. The minimum Gasteiger partial charge on any atom is -0.543 e. The Balaban J connectivity index is 1.48. The summed E-state index contributed by atoms with van der Waals surface area (Å²) >= 11 is 1.38. The number of imidazole rings is 1. The maximum absolute atomic E-state index is 13.3. The van der Waals surface area contributed by atoms with Gasteiger partial charge in [0.25, 0.3) is 0 Å². The number of carbonyl (C=O) groups is 3. The van der Waals surface area contributed by atoms with Crippen LogP contribution in [0.4, 0.5) is 4.79 Å². The van der Waals surface area contributed by atoms with Gasteiger partial charge in [0.1, 0.15) is 18.8 Å². The average Bonchev–Trinajstić information content (AvgIpc) is 3.55. The van der Waals surface area contributed by atoms with Gasteiger partial charge in [-0.1, -0.05) is 19.6 Å². The van der Waals surface area contributed by atoms with E-state index in [1.54, 1.807) is 17.6 Å². The molecule has 0 radical (unpaired) electrons. The van der Waals surface area contributed by atoms with Crippen molar-refractivity contribution in [2.75, 3.05) is 20.2 Å². The SMILES string of the molecule is C=CCOC(=O)[N+]1(C)C[C@@H](SC2=C(C(=O)[O-])N3C(=O)[C@H]([C@@H](C)O)[C@H]3[C@H]2C)C[C@H]1n1ccn2nccc12. The van der Waals surface area contributed by atoms with Gasteiger partial charge >= 0.3 is 6.09 Å². The molecule has 0 aliphatic carbocycles. The predicted octanol–water partition coefficient (Wildman–Crippen LogP) is 0.728. The van der Waals surface area contributed by atoms with E-state index in [4.69, 9.17) is 4.74 Å². The number of ether oxygens (including phenoxy) is 1. The molecule has 7 atom stereocenters. The summed E-state index contributed by atoms with van der Waals surface area (Å²) in [4.78, 5) is 39.9. The molecule has 3 aliphatic rings. The van der Waals surface area contributed by atoms with Crippen molar-refractivity contribution >= 4 is 35.4 Å². The quantitative estimate of drug-likeness (QED) is 0.325. The van der Waals surface area contributed by atoms with Gasteiger partial charge in [-0.25, -0.2) is 9.00 Å².